The Balaban J connectivity index is 1.48. The summed E-state index contributed by atoms with van der Waals surface area (Å²) in [6.07, 6.45) is 0. The molecule has 4 rings (SSSR count). The summed E-state index contributed by atoms with van der Waals surface area (Å²) in [5.41, 5.74) is 2.33. The number of anilines is 1. The molecule has 0 spiro atoms. The van der Waals surface area contributed by atoms with Crippen LogP contribution in [-0.4, -0.2) is 46.9 Å². The number of rotatable bonds is 6. The van der Waals surface area contributed by atoms with Gasteiger partial charge in [-0.3, -0.25) is 19.8 Å². The van der Waals surface area contributed by atoms with Gasteiger partial charge in [-0.25, -0.2) is 0 Å². The molecule has 0 amide bonds. The molecule has 1 N–H and O–H groups in total. The van der Waals surface area contributed by atoms with Gasteiger partial charge in [0.1, 0.15) is 11.4 Å². The molecule has 7 nitrogen and oxygen atoms in total. The smallest absolute Gasteiger partial charge is 0.293 e. The molecule has 0 unspecified atom stereocenters. The van der Waals surface area contributed by atoms with Gasteiger partial charge < -0.3 is 10.0 Å². The van der Waals surface area contributed by atoms with E-state index in [1.165, 1.54) is 6.07 Å². The molecule has 0 aliphatic carbocycles. The van der Waals surface area contributed by atoms with Crippen LogP contribution in [0.5, 0.6) is 5.75 Å². The summed E-state index contributed by atoms with van der Waals surface area (Å²) in [6.45, 7) is 3.50. The highest BCUT2D eigenvalue weighted by atomic mass is 16.6. The van der Waals surface area contributed by atoms with E-state index in [1.807, 2.05) is 23.1 Å². The highest BCUT2D eigenvalue weighted by Gasteiger charge is 2.25. The van der Waals surface area contributed by atoms with Crippen molar-refractivity contribution < 1.29 is 14.8 Å². The van der Waals surface area contributed by atoms with Crippen molar-refractivity contribution in [1.82, 2.24) is 4.90 Å². The van der Waals surface area contributed by atoms with E-state index in [0.29, 0.717) is 29.9 Å². The normalized spacial score (nSPS) is 14.4. The molecule has 1 aliphatic rings. The molecule has 1 aliphatic heterocycles. The Morgan fingerprint density at radius 1 is 0.903 bits per heavy atom. The topological polar surface area (TPSA) is 86.9 Å². The zero-order chi connectivity index (χ0) is 21.8. The summed E-state index contributed by atoms with van der Waals surface area (Å²) in [5, 5.41) is 21.4. The predicted octanol–water partition coefficient (Wildman–Crippen LogP) is 3.85. The Kier molecular flexibility index (Phi) is 5.95. The molecule has 0 aromatic heterocycles. The van der Waals surface area contributed by atoms with Crippen molar-refractivity contribution in [2.45, 2.75) is 6.54 Å². The second kappa shape index (κ2) is 8.97. The van der Waals surface area contributed by atoms with Crippen LogP contribution in [0.3, 0.4) is 0 Å². The number of piperazine rings is 1. The van der Waals surface area contributed by atoms with Crippen LogP contribution in [0.1, 0.15) is 21.5 Å². The van der Waals surface area contributed by atoms with Gasteiger partial charge in [0.15, 0.2) is 5.78 Å². The number of carbonyl (C=O) groups excluding carboxylic acids is 1. The summed E-state index contributed by atoms with van der Waals surface area (Å²) < 4.78 is 0. The fourth-order valence-corrected chi connectivity index (χ4v) is 3.89. The third-order valence-electron chi connectivity index (χ3n) is 5.50. The molecule has 0 radical (unpaired) electrons. The first-order valence-electron chi connectivity index (χ1n) is 10.1. The lowest BCUT2D eigenvalue weighted by Crippen LogP contribution is -2.46. The van der Waals surface area contributed by atoms with Gasteiger partial charge in [-0.1, -0.05) is 42.5 Å². The standard InChI is InChI=1S/C24H23N3O4/c28-21-8-4-5-18(15-21)17-25-11-13-26(14-12-25)22-10-9-20(16-23(22)27(30)31)24(29)19-6-2-1-3-7-19/h1-10,15-16,28H,11-14,17H2. The molecule has 0 saturated carbocycles. The van der Waals surface area contributed by atoms with E-state index < -0.39 is 4.92 Å². The summed E-state index contributed by atoms with van der Waals surface area (Å²) in [4.78, 5) is 28.3. The zero-order valence-electron chi connectivity index (χ0n) is 17.0. The number of ketones is 1. The molecule has 31 heavy (non-hydrogen) atoms. The first-order chi connectivity index (χ1) is 15.0. The maximum absolute atomic E-state index is 12.7. The van der Waals surface area contributed by atoms with Crippen molar-refractivity contribution >= 4 is 17.2 Å². The number of aromatic hydroxyl groups is 1. The molecule has 158 valence electrons. The molecule has 1 saturated heterocycles. The number of nitrogens with zero attached hydrogens (tertiary/aromatic N) is 3. The van der Waals surface area contributed by atoms with Crippen molar-refractivity contribution in [1.29, 1.82) is 0 Å². The van der Waals surface area contributed by atoms with Gasteiger partial charge >= 0.3 is 0 Å². The van der Waals surface area contributed by atoms with Gasteiger partial charge in [0, 0.05) is 49.9 Å². The average molecular weight is 417 g/mol. The van der Waals surface area contributed by atoms with E-state index >= 15 is 0 Å². The number of carbonyl (C=O) groups is 1. The van der Waals surface area contributed by atoms with Crippen molar-refractivity contribution in [2.75, 3.05) is 31.1 Å². The summed E-state index contributed by atoms with van der Waals surface area (Å²) in [6, 6.07) is 20.7. The third kappa shape index (κ3) is 4.73. The number of hydrogen-bond acceptors (Lipinski definition) is 6. The van der Waals surface area contributed by atoms with E-state index in [2.05, 4.69) is 4.90 Å². The van der Waals surface area contributed by atoms with E-state index in [4.69, 9.17) is 0 Å². The number of nitro benzene ring substituents is 1. The van der Waals surface area contributed by atoms with Crippen LogP contribution < -0.4 is 4.90 Å². The third-order valence-corrected chi connectivity index (χ3v) is 5.50. The monoisotopic (exact) mass is 417 g/mol. The number of nitro groups is 1. The summed E-state index contributed by atoms with van der Waals surface area (Å²) in [5.74, 6) is 0.0167. The van der Waals surface area contributed by atoms with Crippen LogP contribution in [0.2, 0.25) is 0 Å². The van der Waals surface area contributed by atoms with Gasteiger partial charge in [0.05, 0.1) is 4.92 Å². The molecule has 0 bridgehead atoms. The largest absolute Gasteiger partial charge is 0.508 e. The Bertz CT molecular complexity index is 1090. The lowest BCUT2D eigenvalue weighted by atomic mass is 10.0. The second-order valence-electron chi connectivity index (χ2n) is 7.59. The van der Waals surface area contributed by atoms with Crippen LogP contribution >= 0.6 is 0 Å². The minimum atomic E-state index is -0.420. The number of phenols is 1. The molecule has 1 fully saturated rings. The van der Waals surface area contributed by atoms with Gasteiger partial charge in [0.25, 0.3) is 5.69 Å². The van der Waals surface area contributed by atoms with Crippen LogP contribution in [0, 0.1) is 10.1 Å². The Hall–Kier alpha value is -3.71. The lowest BCUT2D eigenvalue weighted by molar-refractivity contribution is -0.384. The summed E-state index contributed by atoms with van der Waals surface area (Å²) in [7, 11) is 0. The van der Waals surface area contributed by atoms with Crippen LogP contribution in [-0.2, 0) is 6.54 Å². The van der Waals surface area contributed by atoms with Crippen molar-refractivity contribution in [2.24, 2.45) is 0 Å². The molecule has 3 aromatic rings. The van der Waals surface area contributed by atoms with E-state index in [9.17, 15) is 20.0 Å². The minimum absolute atomic E-state index is 0.0526. The van der Waals surface area contributed by atoms with Crippen molar-refractivity contribution in [3.05, 3.63) is 99.6 Å². The van der Waals surface area contributed by atoms with Crippen LogP contribution in [0.25, 0.3) is 0 Å². The van der Waals surface area contributed by atoms with Crippen LogP contribution in [0.15, 0.2) is 72.8 Å². The fraction of sp³-hybridized carbons (Fsp3) is 0.208. The number of benzene rings is 3. The van der Waals surface area contributed by atoms with Gasteiger partial charge in [-0.05, 0) is 29.8 Å². The fourth-order valence-electron chi connectivity index (χ4n) is 3.89. The molecule has 3 aromatic carbocycles. The first-order valence-corrected chi connectivity index (χ1v) is 10.1. The molecular formula is C24H23N3O4. The maximum Gasteiger partial charge on any atom is 0.293 e. The van der Waals surface area contributed by atoms with E-state index in [0.717, 1.165) is 25.2 Å². The number of phenolic OH excluding ortho intramolecular Hbond substituents is 1. The van der Waals surface area contributed by atoms with Gasteiger partial charge in [0.2, 0.25) is 0 Å². The van der Waals surface area contributed by atoms with Crippen LogP contribution in [0.4, 0.5) is 11.4 Å². The SMILES string of the molecule is O=C(c1ccccc1)c1ccc(N2CCN(Cc3cccc(O)c3)CC2)c([N+](=O)[O-])c1. The Labute approximate surface area is 180 Å². The predicted molar refractivity (Wildman–Crippen MR) is 119 cm³/mol. The van der Waals surface area contributed by atoms with E-state index in [-0.39, 0.29) is 17.2 Å². The maximum atomic E-state index is 12.7. The summed E-state index contributed by atoms with van der Waals surface area (Å²) >= 11 is 0. The van der Waals surface area contributed by atoms with Crippen molar-refractivity contribution in [3.63, 3.8) is 0 Å². The highest BCUT2D eigenvalue weighted by Crippen LogP contribution is 2.31. The van der Waals surface area contributed by atoms with E-state index in [1.54, 1.807) is 48.5 Å². The average Bonchev–Trinajstić information content (AvgIpc) is 2.79. The minimum Gasteiger partial charge on any atom is -0.508 e. The lowest BCUT2D eigenvalue weighted by Gasteiger charge is -2.35. The zero-order valence-corrected chi connectivity index (χ0v) is 17.0. The van der Waals surface area contributed by atoms with Gasteiger partial charge in [-0.2, -0.15) is 0 Å². The molecule has 1 heterocycles. The quantitative estimate of drug-likeness (QED) is 0.372. The second-order valence-corrected chi connectivity index (χ2v) is 7.59. The molecular weight excluding hydrogens is 394 g/mol. The highest BCUT2D eigenvalue weighted by molar-refractivity contribution is 6.09. The Morgan fingerprint density at radius 2 is 1.65 bits per heavy atom. The first kappa shape index (κ1) is 20.6. The molecule has 0 atom stereocenters. The Morgan fingerprint density at radius 3 is 2.32 bits per heavy atom. The number of hydrogen-bond donors (Lipinski definition) is 1. The molecule has 7 heteroatoms. The van der Waals surface area contributed by atoms with Gasteiger partial charge in [-0.15, -0.1) is 0 Å². The van der Waals surface area contributed by atoms with Crippen molar-refractivity contribution in [3.8, 4) is 5.75 Å².